The molecule has 0 fully saturated rings. The van der Waals surface area contributed by atoms with Gasteiger partial charge >= 0.3 is 0 Å². The molecule has 0 saturated heterocycles. The molecule has 20 heavy (non-hydrogen) atoms. The van der Waals surface area contributed by atoms with Gasteiger partial charge in [0.2, 0.25) is 0 Å². The summed E-state index contributed by atoms with van der Waals surface area (Å²) in [5, 5.41) is 0. The van der Waals surface area contributed by atoms with Gasteiger partial charge < -0.3 is 4.74 Å². The molecule has 2 aromatic rings. The van der Waals surface area contributed by atoms with Crippen LogP contribution in [-0.4, -0.2) is 12.9 Å². The van der Waals surface area contributed by atoms with Crippen molar-refractivity contribution < 1.29 is 13.9 Å². The lowest BCUT2D eigenvalue weighted by Crippen LogP contribution is -2.17. The van der Waals surface area contributed by atoms with Crippen molar-refractivity contribution >= 4 is 21.7 Å². The molecule has 0 amide bonds. The van der Waals surface area contributed by atoms with Gasteiger partial charge in [-0.25, -0.2) is 4.39 Å². The summed E-state index contributed by atoms with van der Waals surface area (Å²) in [5.74, 6) is -0.463. The Balaban J connectivity index is 2.20. The van der Waals surface area contributed by atoms with E-state index in [1.165, 1.54) is 19.2 Å². The minimum atomic E-state index is -0.633. The van der Waals surface area contributed by atoms with Crippen LogP contribution in [0.25, 0.3) is 0 Å². The zero-order chi connectivity index (χ0) is 14.5. The third kappa shape index (κ3) is 3.52. The molecule has 0 N–H and O–H groups in total. The number of hydrogen-bond acceptors (Lipinski definition) is 2. The fourth-order valence-electron chi connectivity index (χ4n) is 2.04. The molecule has 0 aromatic heterocycles. The van der Waals surface area contributed by atoms with E-state index in [0.29, 0.717) is 5.56 Å². The van der Waals surface area contributed by atoms with Crippen LogP contribution in [0.15, 0.2) is 53.0 Å². The van der Waals surface area contributed by atoms with Gasteiger partial charge in [0.25, 0.3) is 0 Å². The summed E-state index contributed by atoms with van der Waals surface area (Å²) >= 11 is 3.33. The maximum absolute atomic E-state index is 13.2. The van der Waals surface area contributed by atoms with Gasteiger partial charge in [-0.1, -0.05) is 46.3 Å². The van der Waals surface area contributed by atoms with Crippen molar-refractivity contribution in [1.82, 2.24) is 0 Å². The molecular weight excluding hydrogens is 323 g/mol. The minimum absolute atomic E-state index is 0.106. The van der Waals surface area contributed by atoms with Crippen molar-refractivity contribution in [3.63, 3.8) is 0 Å². The summed E-state index contributed by atoms with van der Waals surface area (Å²) in [4.78, 5) is 12.3. The largest absolute Gasteiger partial charge is 0.369 e. The SMILES string of the molecule is COC(C(=O)Cc1cc(F)ccc1Br)c1ccccc1. The van der Waals surface area contributed by atoms with Crippen molar-refractivity contribution in [3.8, 4) is 0 Å². The van der Waals surface area contributed by atoms with Gasteiger partial charge in [0.1, 0.15) is 11.9 Å². The van der Waals surface area contributed by atoms with Gasteiger partial charge in [0, 0.05) is 18.0 Å². The van der Waals surface area contributed by atoms with Crippen LogP contribution >= 0.6 is 15.9 Å². The Morgan fingerprint density at radius 1 is 1.25 bits per heavy atom. The average molecular weight is 337 g/mol. The Labute approximate surface area is 125 Å². The van der Waals surface area contributed by atoms with Gasteiger partial charge in [-0.3, -0.25) is 4.79 Å². The normalized spacial score (nSPS) is 12.2. The van der Waals surface area contributed by atoms with Crippen molar-refractivity contribution in [2.75, 3.05) is 7.11 Å². The van der Waals surface area contributed by atoms with Crippen LogP contribution in [0.5, 0.6) is 0 Å². The van der Waals surface area contributed by atoms with E-state index >= 15 is 0 Å². The fraction of sp³-hybridized carbons (Fsp3) is 0.188. The highest BCUT2D eigenvalue weighted by molar-refractivity contribution is 9.10. The highest BCUT2D eigenvalue weighted by Gasteiger charge is 2.20. The Kier molecular flexibility index (Phi) is 5.04. The number of carbonyl (C=O) groups is 1. The number of rotatable bonds is 5. The van der Waals surface area contributed by atoms with Gasteiger partial charge in [0.15, 0.2) is 5.78 Å². The number of ether oxygens (including phenoxy) is 1. The molecule has 2 nitrogen and oxygen atoms in total. The first-order valence-electron chi connectivity index (χ1n) is 6.16. The molecule has 0 radical (unpaired) electrons. The van der Waals surface area contributed by atoms with Crippen molar-refractivity contribution in [1.29, 1.82) is 0 Å². The highest BCUT2D eigenvalue weighted by atomic mass is 79.9. The van der Waals surface area contributed by atoms with Crippen LogP contribution in [-0.2, 0) is 16.0 Å². The number of Topliss-reactive ketones (excluding diaryl/α,β-unsaturated/α-hetero) is 1. The first-order valence-corrected chi connectivity index (χ1v) is 6.95. The smallest absolute Gasteiger partial charge is 0.170 e. The van der Waals surface area contributed by atoms with Gasteiger partial charge in [-0.2, -0.15) is 0 Å². The number of carbonyl (C=O) groups excluding carboxylic acids is 1. The zero-order valence-corrected chi connectivity index (χ0v) is 12.6. The number of halogens is 2. The van der Waals surface area contributed by atoms with Crippen LogP contribution in [0, 0.1) is 5.82 Å². The van der Waals surface area contributed by atoms with Crippen molar-refractivity contribution in [3.05, 3.63) is 69.9 Å². The Morgan fingerprint density at radius 3 is 2.60 bits per heavy atom. The predicted octanol–water partition coefficient (Wildman–Crippen LogP) is 4.09. The second-order valence-electron chi connectivity index (χ2n) is 4.41. The van der Waals surface area contributed by atoms with E-state index in [1.54, 1.807) is 6.07 Å². The maximum Gasteiger partial charge on any atom is 0.170 e. The van der Waals surface area contributed by atoms with E-state index in [0.717, 1.165) is 10.0 Å². The molecule has 1 unspecified atom stereocenters. The lowest BCUT2D eigenvalue weighted by atomic mass is 10.00. The second-order valence-corrected chi connectivity index (χ2v) is 5.26. The zero-order valence-electron chi connectivity index (χ0n) is 11.0. The number of benzene rings is 2. The minimum Gasteiger partial charge on any atom is -0.369 e. The molecule has 0 aliphatic heterocycles. The molecule has 0 spiro atoms. The summed E-state index contributed by atoms with van der Waals surface area (Å²) in [7, 11) is 1.50. The first kappa shape index (κ1) is 14.9. The van der Waals surface area contributed by atoms with E-state index in [1.807, 2.05) is 30.3 Å². The van der Waals surface area contributed by atoms with Gasteiger partial charge in [0.05, 0.1) is 0 Å². The predicted molar refractivity (Wildman–Crippen MR) is 79.0 cm³/mol. The molecule has 104 valence electrons. The van der Waals surface area contributed by atoms with E-state index in [2.05, 4.69) is 15.9 Å². The fourth-order valence-corrected chi connectivity index (χ4v) is 2.43. The Hall–Kier alpha value is -1.52. The number of methoxy groups -OCH3 is 1. The number of ketones is 1. The second kappa shape index (κ2) is 6.77. The van der Waals surface area contributed by atoms with Gasteiger partial charge in [-0.15, -0.1) is 0 Å². The van der Waals surface area contributed by atoms with E-state index in [4.69, 9.17) is 4.74 Å². The lowest BCUT2D eigenvalue weighted by molar-refractivity contribution is -0.128. The lowest BCUT2D eigenvalue weighted by Gasteiger charge is -2.15. The third-order valence-electron chi connectivity index (χ3n) is 3.00. The van der Waals surface area contributed by atoms with Crippen LogP contribution in [0.1, 0.15) is 17.2 Å². The van der Waals surface area contributed by atoms with E-state index in [-0.39, 0.29) is 18.0 Å². The maximum atomic E-state index is 13.2. The molecule has 2 aromatic carbocycles. The first-order chi connectivity index (χ1) is 9.61. The highest BCUT2D eigenvalue weighted by Crippen LogP contribution is 2.23. The molecule has 0 saturated carbocycles. The molecule has 4 heteroatoms. The molecular formula is C16H14BrFO2. The quantitative estimate of drug-likeness (QED) is 0.822. The third-order valence-corrected chi connectivity index (χ3v) is 3.78. The van der Waals surface area contributed by atoms with E-state index < -0.39 is 6.10 Å². The number of hydrogen-bond donors (Lipinski definition) is 0. The standard InChI is InChI=1S/C16H14BrFO2/c1-20-16(11-5-3-2-4-6-11)15(19)10-12-9-13(18)7-8-14(12)17/h2-9,16H,10H2,1H3. The van der Waals surface area contributed by atoms with Crippen LogP contribution < -0.4 is 0 Å². The molecule has 2 rings (SSSR count). The summed E-state index contributed by atoms with van der Waals surface area (Å²) < 4.78 is 19.2. The molecule has 0 aliphatic rings. The molecule has 0 bridgehead atoms. The summed E-state index contributed by atoms with van der Waals surface area (Å²) in [5.41, 5.74) is 1.42. The summed E-state index contributed by atoms with van der Waals surface area (Å²) in [6.45, 7) is 0. The van der Waals surface area contributed by atoms with Crippen LogP contribution in [0.3, 0.4) is 0 Å². The topological polar surface area (TPSA) is 26.3 Å². The van der Waals surface area contributed by atoms with Crippen LogP contribution in [0.2, 0.25) is 0 Å². The van der Waals surface area contributed by atoms with Crippen molar-refractivity contribution in [2.45, 2.75) is 12.5 Å². The Bertz CT molecular complexity index is 599. The van der Waals surface area contributed by atoms with Crippen LogP contribution in [0.4, 0.5) is 4.39 Å². The molecule has 0 heterocycles. The van der Waals surface area contributed by atoms with E-state index in [9.17, 15) is 9.18 Å². The molecule has 1 atom stereocenters. The van der Waals surface area contributed by atoms with Gasteiger partial charge in [-0.05, 0) is 29.3 Å². The summed E-state index contributed by atoms with van der Waals surface area (Å²) in [6.07, 6.45) is -0.516. The van der Waals surface area contributed by atoms with Crippen molar-refractivity contribution in [2.24, 2.45) is 0 Å². The average Bonchev–Trinajstić information content (AvgIpc) is 2.45. The molecule has 0 aliphatic carbocycles. The Morgan fingerprint density at radius 2 is 1.95 bits per heavy atom. The monoisotopic (exact) mass is 336 g/mol. The summed E-state index contributed by atoms with van der Waals surface area (Å²) in [6, 6.07) is 13.6.